The van der Waals surface area contributed by atoms with Crippen LogP contribution in [0.25, 0.3) is 0 Å². The zero-order valence-electron chi connectivity index (χ0n) is 8.85. The molecule has 2 nitrogen and oxygen atoms in total. The fourth-order valence-electron chi connectivity index (χ4n) is 2.18. The third-order valence-corrected chi connectivity index (χ3v) is 2.90. The first kappa shape index (κ1) is 15.3. The van der Waals surface area contributed by atoms with Crippen molar-refractivity contribution in [3.63, 3.8) is 0 Å². The fraction of sp³-hybridized carbons (Fsp3) is 0.417. The molecule has 1 unspecified atom stereocenters. The highest BCUT2D eigenvalue weighted by molar-refractivity contribution is 5.85. The van der Waals surface area contributed by atoms with Gasteiger partial charge in [0.1, 0.15) is 0 Å². The van der Waals surface area contributed by atoms with E-state index in [2.05, 4.69) is 12.1 Å². The van der Waals surface area contributed by atoms with Crippen molar-refractivity contribution >= 4 is 30.8 Å². The molecule has 0 fully saturated rings. The second kappa shape index (κ2) is 6.77. The Hall–Kier alpha value is -0.730. The Morgan fingerprint density at radius 1 is 1.25 bits per heavy atom. The lowest BCUT2D eigenvalue weighted by molar-refractivity contribution is -0.306. The molecule has 0 spiro atoms. The van der Waals surface area contributed by atoms with E-state index in [1.54, 1.807) is 0 Å². The molecule has 0 saturated carbocycles. The summed E-state index contributed by atoms with van der Waals surface area (Å²) < 4.78 is 0. The molecule has 4 heteroatoms. The van der Waals surface area contributed by atoms with E-state index in [1.807, 2.05) is 12.1 Å². The third-order valence-electron chi connectivity index (χ3n) is 2.90. The van der Waals surface area contributed by atoms with E-state index in [9.17, 15) is 9.90 Å². The lowest BCUT2D eigenvalue weighted by Gasteiger charge is -2.24. The smallest absolute Gasteiger partial charge is 0.0417 e. The highest BCUT2D eigenvalue weighted by Crippen LogP contribution is 2.26. The maximum Gasteiger partial charge on any atom is 0.0417 e. The summed E-state index contributed by atoms with van der Waals surface area (Å²) in [6.45, 7) is 0. The van der Waals surface area contributed by atoms with Crippen LogP contribution in [0.1, 0.15) is 24.0 Å². The van der Waals surface area contributed by atoms with Gasteiger partial charge >= 0.3 is 0 Å². The van der Waals surface area contributed by atoms with Gasteiger partial charge in [0.25, 0.3) is 0 Å². The SMILES string of the molecule is Cl.Cl.O=C([O-])CC1CCc2ccccc2C1. The molecule has 0 amide bonds. The quantitative estimate of drug-likeness (QED) is 0.815. The van der Waals surface area contributed by atoms with Crippen LogP contribution in [0.15, 0.2) is 24.3 Å². The van der Waals surface area contributed by atoms with Crippen LogP contribution in [0.3, 0.4) is 0 Å². The van der Waals surface area contributed by atoms with Crippen molar-refractivity contribution < 1.29 is 9.90 Å². The van der Waals surface area contributed by atoms with E-state index in [-0.39, 0.29) is 37.2 Å². The van der Waals surface area contributed by atoms with Gasteiger partial charge in [-0.15, -0.1) is 24.8 Å². The first-order chi connectivity index (χ1) is 6.75. The number of hydrogen-bond acceptors (Lipinski definition) is 2. The highest BCUT2D eigenvalue weighted by Gasteiger charge is 2.17. The van der Waals surface area contributed by atoms with Crippen LogP contribution < -0.4 is 5.11 Å². The van der Waals surface area contributed by atoms with E-state index in [0.717, 1.165) is 19.3 Å². The number of carbonyl (C=O) groups excluding carboxylic acids is 1. The molecule has 2 rings (SSSR count). The Morgan fingerprint density at radius 2 is 1.88 bits per heavy atom. The average molecular weight is 262 g/mol. The number of aryl methyl sites for hydroxylation is 1. The van der Waals surface area contributed by atoms with E-state index in [0.29, 0.717) is 0 Å². The molecule has 1 aliphatic carbocycles. The Kier molecular flexibility index (Phi) is 6.46. The maximum absolute atomic E-state index is 10.5. The highest BCUT2D eigenvalue weighted by atomic mass is 35.5. The van der Waals surface area contributed by atoms with Crippen LogP contribution in [-0.2, 0) is 17.6 Å². The third kappa shape index (κ3) is 3.69. The molecule has 0 saturated heterocycles. The molecule has 0 bridgehead atoms. The molecule has 1 aromatic carbocycles. The number of rotatable bonds is 2. The van der Waals surface area contributed by atoms with Crippen LogP contribution in [-0.4, -0.2) is 5.97 Å². The standard InChI is InChI=1S/C12H14O2.2ClH/c13-12(14)8-9-5-6-10-3-1-2-4-11(10)7-9;;/h1-4,9H,5-8H2,(H,13,14);2*1H/p-1. The van der Waals surface area contributed by atoms with Crippen molar-refractivity contribution in [1.82, 2.24) is 0 Å². The summed E-state index contributed by atoms with van der Waals surface area (Å²) in [5.74, 6) is -0.649. The minimum atomic E-state index is -0.922. The van der Waals surface area contributed by atoms with E-state index < -0.39 is 5.97 Å². The number of carbonyl (C=O) groups is 1. The average Bonchev–Trinajstić information content (AvgIpc) is 2.17. The van der Waals surface area contributed by atoms with Crippen molar-refractivity contribution in [2.24, 2.45) is 5.92 Å². The van der Waals surface area contributed by atoms with Gasteiger partial charge in [0.05, 0.1) is 0 Å². The predicted molar refractivity (Wildman–Crippen MR) is 66.1 cm³/mol. The number of halogens is 2. The molecule has 0 aromatic heterocycles. The zero-order valence-corrected chi connectivity index (χ0v) is 10.5. The Morgan fingerprint density at radius 3 is 2.50 bits per heavy atom. The Bertz CT molecular complexity index is 353. The van der Waals surface area contributed by atoms with Crippen molar-refractivity contribution in [3.05, 3.63) is 35.4 Å². The molecule has 0 N–H and O–H groups in total. The van der Waals surface area contributed by atoms with E-state index in [1.165, 1.54) is 11.1 Å². The van der Waals surface area contributed by atoms with Gasteiger partial charge in [-0.05, 0) is 42.7 Å². The zero-order chi connectivity index (χ0) is 9.97. The number of carboxylic acid groups (broad SMARTS) is 1. The van der Waals surface area contributed by atoms with Crippen molar-refractivity contribution in [2.75, 3.05) is 0 Å². The van der Waals surface area contributed by atoms with Crippen LogP contribution in [0, 0.1) is 5.92 Å². The second-order valence-electron chi connectivity index (χ2n) is 3.95. The van der Waals surface area contributed by atoms with Crippen molar-refractivity contribution in [1.29, 1.82) is 0 Å². The summed E-state index contributed by atoms with van der Waals surface area (Å²) in [5.41, 5.74) is 2.69. The lowest BCUT2D eigenvalue weighted by atomic mass is 9.82. The van der Waals surface area contributed by atoms with E-state index >= 15 is 0 Å². The van der Waals surface area contributed by atoms with Crippen molar-refractivity contribution in [3.8, 4) is 0 Å². The van der Waals surface area contributed by atoms with Gasteiger partial charge < -0.3 is 9.90 Å². The molecule has 1 aliphatic rings. The summed E-state index contributed by atoms with van der Waals surface area (Å²) in [6.07, 6.45) is 3.08. The number of hydrogen-bond donors (Lipinski definition) is 0. The number of carboxylic acids is 1. The number of aliphatic carboxylic acids is 1. The predicted octanol–water partition coefficient (Wildman–Crippen LogP) is 1.78. The van der Waals surface area contributed by atoms with Crippen LogP contribution >= 0.6 is 24.8 Å². The van der Waals surface area contributed by atoms with Gasteiger partial charge in [0, 0.05) is 5.97 Å². The fourth-order valence-corrected chi connectivity index (χ4v) is 2.18. The first-order valence-electron chi connectivity index (χ1n) is 5.02. The Balaban J connectivity index is 0.00000112. The molecular formula is C12H15Cl2O2-. The molecule has 0 radical (unpaired) electrons. The monoisotopic (exact) mass is 261 g/mol. The van der Waals surface area contributed by atoms with Crippen LogP contribution in [0.5, 0.6) is 0 Å². The number of fused-ring (bicyclic) bond motifs is 1. The molecule has 16 heavy (non-hydrogen) atoms. The van der Waals surface area contributed by atoms with Gasteiger partial charge in [-0.2, -0.15) is 0 Å². The molecule has 1 aromatic rings. The normalized spacial score (nSPS) is 17.6. The van der Waals surface area contributed by atoms with E-state index in [4.69, 9.17) is 0 Å². The topological polar surface area (TPSA) is 40.1 Å². The van der Waals surface area contributed by atoms with Crippen LogP contribution in [0.2, 0.25) is 0 Å². The molecule has 0 heterocycles. The van der Waals surface area contributed by atoms with Crippen molar-refractivity contribution in [2.45, 2.75) is 25.7 Å². The maximum atomic E-state index is 10.5. The lowest BCUT2D eigenvalue weighted by Crippen LogP contribution is -2.27. The van der Waals surface area contributed by atoms with Gasteiger partial charge in [0.15, 0.2) is 0 Å². The summed E-state index contributed by atoms with van der Waals surface area (Å²) in [4.78, 5) is 10.5. The summed E-state index contributed by atoms with van der Waals surface area (Å²) in [7, 11) is 0. The molecule has 1 atom stereocenters. The summed E-state index contributed by atoms with van der Waals surface area (Å²) in [6, 6.07) is 8.28. The van der Waals surface area contributed by atoms with Gasteiger partial charge in [0.2, 0.25) is 0 Å². The first-order valence-corrected chi connectivity index (χ1v) is 5.02. The minimum Gasteiger partial charge on any atom is -0.550 e. The summed E-state index contributed by atoms with van der Waals surface area (Å²) in [5, 5.41) is 10.5. The number of benzene rings is 1. The largest absolute Gasteiger partial charge is 0.550 e. The van der Waals surface area contributed by atoms with Gasteiger partial charge in [-0.25, -0.2) is 0 Å². The molecule has 0 aliphatic heterocycles. The molecular weight excluding hydrogens is 247 g/mol. The van der Waals surface area contributed by atoms with Gasteiger partial charge in [-0.1, -0.05) is 24.3 Å². The second-order valence-corrected chi connectivity index (χ2v) is 3.95. The minimum absolute atomic E-state index is 0. The summed E-state index contributed by atoms with van der Waals surface area (Å²) >= 11 is 0. The Labute approximate surface area is 108 Å². The van der Waals surface area contributed by atoms with Crippen LogP contribution in [0.4, 0.5) is 0 Å². The van der Waals surface area contributed by atoms with Gasteiger partial charge in [-0.3, -0.25) is 0 Å². The molecule has 90 valence electrons.